The monoisotopic (exact) mass is 728 g/mol. The Morgan fingerprint density at radius 1 is 0.480 bits per heavy atom. The highest BCUT2D eigenvalue weighted by Crippen LogP contribution is 2.43. The molecule has 4 atom stereocenters. The summed E-state index contributed by atoms with van der Waals surface area (Å²) >= 11 is 0. The van der Waals surface area contributed by atoms with E-state index in [1.165, 1.54) is 12.1 Å². The topological polar surface area (TPSA) is 116 Å². The maximum Gasteiger partial charge on any atom is 0.206 e. The van der Waals surface area contributed by atoms with E-state index in [1.807, 2.05) is 0 Å². The second-order valence-corrected chi connectivity index (χ2v) is 17.0. The fraction of sp³-hybridized carbons (Fsp3) is 0.333. The number of halogens is 4. The highest BCUT2D eigenvalue weighted by atomic mass is 32.2. The molecule has 0 unspecified atom stereocenters. The number of fused-ring (bicyclic) bond motifs is 6. The molecule has 0 bridgehead atoms. The molecule has 0 radical (unpaired) electrons. The van der Waals surface area contributed by atoms with E-state index in [2.05, 4.69) is 21.3 Å². The molecule has 4 aromatic carbocycles. The van der Waals surface area contributed by atoms with Crippen LogP contribution < -0.4 is 21.3 Å². The van der Waals surface area contributed by atoms with E-state index >= 15 is 0 Å². The molecular formula is C36H36F4N4O4S2. The van der Waals surface area contributed by atoms with Crippen LogP contribution in [0.25, 0.3) is 0 Å². The van der Waals surface area contributed by atoms with Crippen molar-refractivity contribution < 1.29 is 34.4 Å². The Bertz CT molecular complexity index is 2150. The van der Waals surface area contributed by atoms with Crippen molar-refractivity contribution in [1.82, 2.24) is 10.6 Å². The Morgan fingerprint density at radius 2 is 0.920 bits per heavy atom. The van der Waals surface area contributed by atoms with Crippen LogP contribution in [0, 0.1) is 23.3 Å². The number of rotatable bonds is 4. The molecule has 0 aromatic heterocycles. The summed E-state index contributed by atoms with van der Waals surface area (Å²) in [6.07, 6.45) is 3.79. The van der Waals surface area contributed by atoms with Gasteiger partial charge in [0.2, 0.25) is 19.7 Å². The SMILES string of the molecule is O=S(=O)(c1cc(F)cc(F)c1)c1ccc2c(c1)[C@H]1CCNCC[C@H]1N2.O=S(=O)(c1ccc(F)c(F)c1)c1ccc2c(c1)[C@H]1CCNCC[C@H]1N2. The Hall–Kier alpha value is -3.98. The first-order valence-corrected chi connectivity index (χ1v) is 19.5. The molecule has 14 heteroatoms. The lowest BCUT2D eigenvalue weighted by Gasteiger charge is -2.16. The van der Waals surface area contributed by atoms with Crippen molar-refractivity contribution in [2.24, 2.45) is 0 Å². The predicted molar refractivity (Wildman–Crippen MR) is 181 cm³/mol. The molecule has 2 saturated heterocycles. The average molecular weight is 729 g/mol. The molecule has 264 valence electrons. The van der Waals surface area contributed by atoms with Crippen molar-refractivity contribution in [3.63, 3.8) is 0 Å². The van der Waals surface area contributed by atoms with Crippen LogP contribution in [0.5, 0.6) is 0 Å². The zero-order chi connectivity index (χ0) is 35.2. The average Bonchev–Trinajstić information content (AvgIpc) is 3.37. The number of hydrogen-bond acceptors (Lipinski definition) is 8. The van der Waals surface area contributed by atoms with Gasteiger partial charge in [0.25, 0.3) is 0 Å². The summed E-state index contributed by atoms with van der Waals surface area (Å²) in [5.41, 5.74) is 3.85. The molecule has 0 spiro atoms. The third kappa shape index (κ3) is 6.61. The molecule has 0 aliphatic carbocycles. The first-order valence-electron chi connectivity index (χ1n) is 16.6. The van der Waals surface area contributed by atoms with Crippen LogP contribution in [-0.4, -0.2) is 55.1 Å². The molecular weight excluding hydrogens is 693 g/mol. The van der Waals surface area contributed by atoms with Crippen LogP contribution in [0.2, 0.25) is 0 Å². The Balaban J connectivity index is 0.000000157. The second-order valence-electron chi connectivity index (χ2n) is 13.1. The van der Waals surface area contributed by atoms with Crippen molar-refractivity contribution in [3.05, 3.63) is 107 Å². The number of anilines is 2. The van der Waals surface area contributed by atoms with E-state index in [1.54, 1.807) is 24.3 Å². The van der Waals surface area contributed by atoms with E-state index in [0.29, 0.717) is 12.1 Å². The van der Waals surface area contributed by atoms with Crippen molar-refractivity contribution in [2.45, 2.75) is 69.2 Å². The summed E-state index contributed by atoms with van der Waals surface area (Å²) < 4.78 is 105. The van der Waals surface area contributed by atoms with Gasteiger partial charge in [-0.05, 0) is 130 Å². The molecule has 2 fully saturated rings. The molecule has 4 aliphatic rings. The van der Waals surface area contributed by atoms with Gasteiger partial charge in [-0.25, -0.2) is 34.4 Å². The van der Waals surface area contributed by atoms with Crippen LogP contribution in [0.4, 0.5) is 28.9 Å². The zero-order valence-corrected chi connectivity index (χ0v) is 28.5. The van der Waals surface area contributed by atoms with Gasteiger partial charge in [-0.1, -0.05) is 0 Å². The largest absolute Gasteiger partial charge is 0.381 e. The highest BCUT2D eigenvalue weighted by molar-refractivity contribution is 7.91. The van der Waals surface area contributed by atoms with E-state index in [0.717, 1.165) is 105 Å². The zero-order valence-electron chi connectivity index (χ0n) is 26.9. The molecule has 4 aromatic rings. The van der Waals surface area contributed by atoms with E-state index < -0.39 is 42.9 Å². The van der Waals surface area contributed by atoms with Gasteiger partial charge in [-0.3, -0.25) is 0 Å². The van der Waals surface area contributed by atoms with Gasteiger partial charge < -0.3 is 21.3 Å². The lowest BCUT2D eigenvalue weighted by molar-refractivity contribution is 0.504. The standard InChI is InChI=1S/2C18H18F2N2O2S/c19-15-3-1-12(10-16(15)20)25(23,24)11-2-4-17-14(9-11)13-5-7-21-8-6-18(13)22-17;19-11-7-12(20)9-14(8-11)25(23,24)13-1-2-17-16(10-13)15-3-5-21-6-4-18(15)22-17/h1-4,9-10,13,18,21-22H,5-8H2;1-2,7-10,15,18,21-22H,3-6H2/t13-,18-;15-,18-/m11/s1. The van der Waals surface area contributed by atoms with Gasteiger partial charge in [-0.2, -0.15) is 0 Å². The van der Waals surface area contributed by atoms with Gasteiger partial charge in [0.1, 0.15) is 11.6 Å². The first kappa shape index (κ1) is 34.5. The van der Waals surface area contributed by atoms with Gasteiger partial charge in [0.15, 0.2) is 11.6 Å². The lowest BCUT2D eigenvalue weighted by atomic mass is 9.91. The van der Waals surface area contributed by atoms with Gasteiger partial charge >= 0.3 is 0 Å². The van der Waals surface area contributed by atoms with Crippen LogP contribution in [0.3, 0.4) is 0 Å². The molecule has 8 nitrogen and oxygen atoms in total. The Morgan fingerprint density at radius 3 is 1.42 bits per heavy atom. The quantitative estimate of drug-likeness (QED) is 0.147. The Labute approximate surface area is 288 Å². The smallest absolute Gasteiger partial charge is 0.206 e. The second kappa shape index (κ2) is 13.6. The summed E-state index contributed by atoms with van der Waals surface area (Å²) in [7, 11) is -7.87. The van der Waals surface area contributed by atoms with Crippen LogP contribution >= 0.6 is 0 Å². The molecule has 0 saturated carbocycles. The van der Waals surface area contributed by atoms with Gasteiger partial charge in [0.05, 0.1) is 19.6 Å². The summed E-state index contributed by atoms with van der Waals surface area (Å²) in [4.78, 5) is -0.431. The van der Waals surface area contributed by atoms with Crippen molar-refractivity contribution in [2.75, 3.05) is 36.8 Å². The number of hydrogen-bond donors (Lipinski definition) is 4. The molecule has 0 amide bonds. The minimum atomic E-state index is -3.98. The third-order valence-electron chi connectivity index (χ3n) is 10.00. The van der Waals surface area contributed by atoms with E-state index in [9.17, 15) is 34.4 Å². The van der Waals surface area contributed by atoms with Crippen LogP contribution in [-0.2, 0) is 19.7 Å². The normalized spacial score (nSPS) is 22.6. The lowest BCUT2D eigenvalue weighted by Crippen LogP contribution is -2.21. The fourth-order valence-electron chi connectivity index (χ4n) is 7.47. The Kier molecular flexibility index (Phi) is 9.39. The molecule has 50 heavy (non-hydrogen) atoms. The minimum absolute atomic E-state index is 0.0657. The number of sulfone groups is 2. The predicted octanol–water partition coefficient (Wildman–Crippen LogP) is 6.12. The highest BCUT2D eigenvalue weighted by Gasteiger charge is 2.35. The number of benzene rings is 4. The summed E-state index contributed by atoms with van der Waals surface area (Å²) in [6.45, 7) is 3.63. The summed E-state index contributed by atoms with van der Waals surface area (Å²) in [5, 5.41) is 13.6. The fourth-order valence-corrected chi connectivity index (χ4v) is 10.1. The van der Waals surface area contributed by atoms with Crippen LogP contribution in [0.1, 0.15) is 48.6 Å². The maximum atomic E-state index is 13.5. The van der Waals surface area contributed by atoms with Crippen molar-refractivity contribution >= 4 is 31.0 Å². The molecule has 4 heterocycles. The first-order chi connectivity index (χ1) is 23.9. The van der Waals surface area contributed by atoms with Gasteiger partial charge in [-0.15, -0.1) is 0 Å². The third-order valence-corrected chi connectivity index (χ3v) is 13.5. The molecule has 4 aliphatic heterocycles. The van der Waals surface area contributed by atoms with Crippen LogP contribution in [0.15, 0.2) is 92.4 Å². The molecule has 4 N–H and O–H groups in total. The van der Waals surface area contributed by atoms with Crippen molar-refractivity contribution in [1.29, 1.82) is 0 Å². The summed E-state index contributed by atoms with van der Waals surface area (Å²) in [6, 6.07) is 15.5. The van der Waals surface area contributed by atoms with Gasteiger partial charge in [0, 0.05) is 41.4 Å². The van der Waals surface area contributed by atoms with Crippen molar-refractivity contribution in [3.8, 4) is 0 Å². The van der Waals surface area contributed by atoms with E-state index in [-0.39, 0.29) is 37.5 Å². The minimum Gasteiger partial charge on any atom is -0.381 e. The maximum absolute atomic E-state index is 13.5. The van der Waals surface area contributed by atoms with E-state index in [4.69, 9.17) is 0 Å². The summed E-state index contributed by atoms with van der Waals surface area (Å²) in [5.74, 6) is -3.55. The number of nitrogens with one attached hydrogen (secondary N) is 4. The molecule has 8 rings (SSSR count).